The van der Waals surface area contributed by atoms with Crippen LogP contribution in [-0.4, -0.2) is 5.91 Å². The van der Waals surface area contributed by atoms with Gasteiger partial charge in [0.2, 0.25) is 5.91 Å². The molecule has 0 fully saturated rings. The van der Waals surface area contributed by atoms with Gasteiger partial charge in [0, 0.05) is 4.88 Å². The third-order valence-electron chi connectivity index (χ3n) is 2.32. The molecule has 0 radical (unpaired) electrons. The summed E-state index contributed by atoms with van der Waals surface area (Å²) in [6, 6.07) is 5.81. The molecule has 0 atom stereocenters. The number of halogens is 2. The minimum atomic E-state index is -1.15. The summed E-state index contributed by atoms with van der Waals surface area (Å²) < 4.78 is 26.0. The van der Waals surface area contributed by atoms with E-state index in [1.54, 1.807) is 0 Å². The van der Waals surface area contributed by atoms with E-state index >= 15 is 0 Å². The Morgan fingerprint density at radius 1 is 1.33 bits per heavy atom. The lowest BCUT2D eigenvalue weighted by molar-refractivity contribution is -0.115. The number of carbonyl (C=O) groups is 1. The van der Waals surface area contributed by atoms with Crippen LogP contribution in [0.15, 0.2) is 29.6 Å². The summed E-state index contributed by atoms with van der Waals surface area (Å²) >= 11 is 1.45. The van der Waals surface area contributed by atoms with Crippen LogP contribution in [0.4, 0.5) is 20.2 Å². The highest BCUT2D eigenvalue weighted by molar-refractivity contribution is 7.10. The van der Waals surface area contributed by atoms with Crippen LogP contribution in [0.1, 0.15) is 4.88 Å². The lowest BCUT2D eigenvalue weighted by Crippen LogP contribution is -2.15. The zero-order chi connectivity index (χ0) is 13.1. The van der Waals surface area contributed by atoms with E-state index < -0.39 is 17.3 Å². The largest absolute Gasteiger partial charge is 0.395 e. The summed E-state index contributed by atoms with van der Waals surface area (Å²) in [5, 5.41) is 4.31. The van der Waals surface area contributed by atoms with Gasteiger partial charge in [-0.05, 0) is 23.6 Å². The van der Waals surface area contributed by atoms with Gasteiger partial charge in [-0.15, -0.1) is 11.3 Å². The van der Waals surface area contributed by atoms with E-state index in [1.165, 1.54) is 17.4 Å². The Balaban J connectivity index is 2.10. The number of nitrogens with one attached hydrogen (secondary N) is 1. The molecule has 0 bridgehead atoms. The number of anilines is 2. The highest BCUT2D eigenvalue weighted by atomic mass is 32.1. The molecule has 1 heterocycles. The van der Waals surface area contributed by atoms with E-state index in [9.17, 15) is 13.6 Å². The van der Waals surface area contributed by atoms with Gasteiger partial charge < -0.3 is 11.1 Å². The second-order valence-corrected chi connectivity index (χ2v) is 4.66. The number of nitrogens with two attached hydrogens (primary N) is 1. The summed E-state index contributed by atoms with van der Waals surface area (Å²) in [5.41, 5.74) is 5.06. The summed E-state index contributed by atoms with van der Waals surface area (Å²) in [5.74, 6) is -2.51. The number of hydrogen-bond acceptors (Lipinski definition) is 3. The maximum Gasteiger partial charge on any atom is 0.229 e. The van der Waals surface area contributed by atoms with Crippen LogP contribution in [0.3, 0.4) is 0 Å². The van der Waals surface area contributed by atoms with Crippen LogP contribution in [0.5, 0.6) is 0 Å². The van der Waals surface area contributed by atoms with Gasteiger partial charge in [-0.3, -0.25) is 4.79 Å². The first-order valence-corrected chi connectivity index (χ1v) is 6.01. The fraction of sp³-hybridized carbons (Fsp3) is 0.0833. The lowest BCUT2D eigenvalue weighted by Gasteiger charge is -2.08. The van der Waals surface area contributed by atoms with Crippen LogP contribution in [0.25, 0.3) is 0 Å². The van der Waals surface area contributed by atoms with Gasteiger partial charge in [-0.25, -0.2) is 8.78 Å². The van der Waals surface area contributed by atoms with Gasteiger partial charge in [-0.1, -0.05) is 6.07 Å². The van der Waals surface area contributed by atoms with Gasteiger partial charge in [0.25, 0.3) is 0 Å². The Labute approximate surface area is 106 Å². The first-order valence-electron chi connectivity index (χ1n) is 5.13. The number of hydrogen-bond donors (Lipinski definition) is 2. The molecule has 1 amide bonds. The zero-order valence-electron chi connectivity index (χ0n) is 9.24. The number of amides is 1. The second kappa shape index (κ2) is 5.14. The molecule has 0 saturated heterocycles. The second-order valence-electron chi connectivity index (χ2n) is 3.63. The average Bonchev–Trinajstić information content (AvgIpc) is 2.83. The van der Waals surface area contributed by atoms with Crippen LogP contribution >= 0.6 is 11.3 Å². The molecule has 0 aliphatic carbocycles. The molecular formula is C12H10F2N2OS. The van der Waals surface area contributed by atoms with E-state index in [-0.39, 0.29) is 18.0 Å². The van der Waals surface area contributed by atoms with Crippen molar-refractivity contribution in [1.82, 2.24) is 0 Å². The van der Waals surface area contributed by atoms with E-state index in [0.717, 1.165) is 10.9 Å². The Morgan fingerprint density at radius 2 is 2.11 bits per heavy atom. The van der Waals surface area contributed by atoms with Gasteiger partial charge in [0.15, 0.2) is 11.6 Å². The molecule has 1 aromatic carbocycles. The van der Waals surface area contributed by atoms with Crippen molar-refractivity contribution < 1.29 is 13.6 Å². The first kappa shape index (κ1) is 12.5. The predicted octanol–water partition coefficient (Wildman–Crippen LogP) is 2.79. The van der Waals surface area contributed by atoms with Crippen molar-refractivity contribution in [1.29, 1.82) is 0 Å². The SMILES string of the molecule is Nc1c(NC(=O)Cc2cccs2)ccc(F)c1F. The predicted molar refractivity (Wildman–Crippen MR) is 67.4 cm³/mol. The van der Waals surface area contributed by atoms with Crippen molar-refractivity contribution in [2.75, 3.05) is 11.1 Å². The molecule has 1 aromatic heterocycles. The van der Waals surface area contributed by atoms with Crippen LogP contribution < -0.4 is 11.1 Å². The Morgan fingerprint density at radius 3 is 2.78 bits per heavy atom. The normalized spacial score (nSPS) is 10.3. The van der Waals surface area contributed by atoms with Crippen LogP contribution in [0, 0.1) is 11.6 Å². The van der Waals surface area contributed by atoms with Gasteiger partial charge in [0.1, 0.15) is 0 Å². The third kappa shape index (κ3) is 2.65. The van der Waals surface area contributed by atoms with E-state index in [4.69, 9.17) is 5.73 Å². The third-order valence-corrected chi connectivity index (χ3v) is 3.20. The first-order chi connectivity index (χ1) is 8.58. The monoisotopic (exact) mass is 268 g/mol. The Bertz CT molecular complexity index is 570. The topological polar surface area (TPSA) is 55.1 Å². The van der Waals surface area contributed by atoms with Crippen LogP contribution in [-0.2, 0) is 11.2 Å². The lowest BCUT2D eigenvalue weighted by atomic mass is 10.2. The maximum atomic E-state index is 13.2. The number of rotatable bonds is 3. The molecule has 0 unspecified atom stereocenters. The van der Waals surface area contributed by atoms with Crippen molar-refractivity contribution in [2.45, 2.75) is 6.42 Å². The van der Waals surface area contributed by atoms with E-state index in [2.05, 4.69) is 5.32 Å². The van der Waals surface area contributed by atoms with E-state index in [1.807, 2.05) is 17.5 Å². The molecule has 18 heavy (non-hydrogen) atoms. The minimum absolute atomic E-state index is 0.0791. The molecular weight excluding hydrogens is 258 g/mol. The van der Waals surface area contributed by atoms with Crippen molar-refractivity contribution >= 4 is 28.6 Å². The Hall–Kier alpha value is -1.95. The highest BCUT2D eigenvalue weighted by Gasteiger charge is 2.13. The van der Waals surface area contributed by atoms with Crippen molar-refractivity contribution in [3.63, 3.8) is 0 Å². The number of carbonyl (C=O) groups excluding carboxylic acids is 1. The molecule has 94 valence electrons. The van der Waals surface area contributed by atoms with Gasteiger partial charge in [-0.2, -0.15) is 0 Å². The molecule has 2 rings (SSSR count). The molecule has 0 saturated carbocycles. The van der Waals surface area contributed by atoms with Crippen molar-refractivity contribution in [3.8, 4) is 0 Å². The number of thiophene rings is 1. The quantitative estimate of drug-likeness (QED) is 0.841. The zero-order valence-corrected chi connectivity index (χ0v) is 10.1. The summed E-state index contributed by atoms with van der Waals surface area (Å²) in [6.07, 6.45) is 0.177. The highest BCUT2D eigenvalue weighted by Crippen LogP contribution is 2.24. The Kier molecular flexibility index (Phi) is 3.57. The minimum Gasteiger partial charge on any atom is -0.395 e. The van der Waals surface area contributed by atoms with Gasteiger partial charge in [0.05, 0.1) is 17.8 Å². The fourth-order valence-electron chi connectivity index (χ4n) is 1.44. The maximum absolute atomic E-state index is 13.2. The molecule has 0 aliphatic rings. The van der Waals surface area contributed by atoms with E-state index in [0.29, 0.717) is 0 Å². The van der Waals surface area contributed by atoms with Crippen molar-refractivity contribution in [3.05, 3.63) is 46.2 Å². The summed E-state index contributed by atoms with van der Waals surface area (Å²) in [6.45, 7) is 0. The summed E-state index contributed by atoms with van der Waals surface area (Å²) in [4.78, 5) is 12.5. The van der Waals surface area contributed by atoms with Crippen LogP contribution in [0.2, 0.25) is 0 Å². The summed E-state index contributed by atoms with van der Waals surface area (Å²) in [7, 11) is 0. The smallest absolute Gasteiger partial charge is 0.229 e. The standard InChI is InChI=1S/C12H10F2N2OS/c13-8-3-4-9(12(15)11(8)14)16-10(17)6-7-2-1-5-18-7/h1-5H,6,15H2,(H,16,17). The molecule has 3 nitrogen and oxygen atoms in total. The molecule has 0 aliphatic heterocycles. The fourth-order valence-corrected chi connectivity index (χ4v) is 2.14. The molecule has 3 N–H and O–H groups in total. The molecule has 0 spiro atoms. The number of benzene rings is 1. The van der Waals surface area contributed by atoms with Crippen molar-refractivity contribution in [2.24, 2.45) is 0 Å². The number of nitrogen functional groups attached to an aromatic ring is 1. The van der Waals surface area contributed by atoms with Gasteiger partial charge >= 0.3 is 0 Å². The molecule has 2 aromatic rings. The average molecular weight is 268 g/mol. The molecule has 6 heteroatoms.